The predicted octanol–water partition coefficient (Wildman–Crippen LogP) is 5.32. The first kappa shape index (κ1) is 17.1. The summed E-state index contributed by atoms with van der Waals surface area (Å²) in [5.41, 5.74) is 2.31. The fourth-order valence-electron chi connectivity index (χ4n) is 3.12. The van der Waals surface area contributed by atoms with Crippen molar-refractivity contribution < 1.29 is 18.0 Å². The van der Waals surface area contributed by atoms with Crippen LogP contribution in [0.25, 0.3) is 11.0 Å². The Morgan fingerprint density at radius 2 is 1.78 bits per heavy atom. The highest BCUT2D eigenvalue weighted by Crippen LogP contribution is 2.27. The molecular formula is C22H18FNO3. The number of para-hydroxylation sites is 1. The van der Waals surface area contributed by atoms with Crippen molar-refractivity contribution in [3.8, 4) is 0 Å². The van der Waals surface area contributed by atoms with Gasteiger partial charge in [0.2, 0.25) is 0 Å². The normalized spacial score (nSPS) is 11.0. The Bertz CT molecular complexity index is 1060. The van der Waals surface area contributed by atoms with E-state index in [2.05, 4.69) is 0 Å². The summed E-state index contributed by atoms with van der Waals surface area (Å²) in [6, 6.07) is 17.3. The molecule has 0 saturated heterocycles. The van der Waals surface area contributed by atoms with Gasteiger partial charge in [0.15, 0.2) is 5.76 Å². The second-order valence-electron chi connectivity index (χ2n) is 6.42. The van der Waals surface area contributed by atoms with Gasteiger partial charge in [0.1, 0.15) is 17.2 Å². The molecule has 0 radical (unpaired) electrons. The molecule has 0 fully saturated rings. The Balaban J connectivity index is 1.68. The van der Waals surface area contributed by atoms with Gasteiger partial charge in [-0.15, -0.1) is 0 Å². The van der Waals surface area contributed by atoms with Crippen molar-refractivity contribution in [2.75, 3.05) is 0 Å². The zero-order chi connectivity index (χ0) is 18.8. The smallest absolute Gasteiger partial charge is 0.290 e. The molecule has 0 unspecified atom stereocenters. The molecule has 0 aliphatic rings. The summed E-state index contributed by atoms with van der Waals surface area (Å²) in [6.07, 6.45) is 1.57. The van der Waals surface area contributed by atoms with Crippen molar-refractivity contribution in [3.05, 3.63) is 95.4 Å². The van der Waals surface area contributed by atoms with Gasteiger partial charge in [0.05, 0.1) is 12.8 Å². The molecule has 4 rings (SSSR count). The van der Waals surface area contributed by atoms with Crippen molar-refractivity contribution >= 4 is 16.9 Å². The lowest BCUT2D eigenvalue weighted by Gasteiger charge is -2.21. The third-order valence-electron chi connectivity index (χ3n) is 4.54. The number of fused-ring (bicyclic) bond motifs is 1. The maximum Gasteiger partial charge on any atom is 0.290 e. The molecule has 0 N–H and O–H groups in total. The highest BCUT2D eigenvalue weighted by Gasteiger charge is 2.24. The maximum absolute atomic E-state index is 13.2. The average molecular weight is 363 g/mol. The summed E-state index contributed by atoms with van der Waals surface area (Å²) < 4.78 is 24.5. The van der Waals surface area contributed by atoms with Gasteiger partial charge in [-0.2, -0.15) is 0 Å². The number of aryl methyl sites for hydroxylation is 1. The molecule has 5 heteroatoms. The second kappa shape index (κ2) is 7.11. The fourth-order valence-corrected chi connectivity index (χ4v) is 3.12. The van der Waals surface area contributed by atoms with Gasteiger partial charge in [-0.1, -0.05) is 30.3 Å². The fraction of sp³-hybridized carbons (Fsp3) is 0.136. The lowest BCUT2D eigenvalue weighted by atomic mass is 10.1. The zero-order valence-corrected chi connectivity index (χ0v) is 14.8. The Kier molecular flexibility index (Phi) is 4.50. The third kappa shape index (κ3) is 3.49. The van der Waals surface area contributed by atoms with Crippen LogP contribution in [-0.2, 0) is 13.1 Å². The molecule has 0 bridgehead atoms. The van der Waals surface area contributed by atoms with Gasteiger partial charge >= 0.3 is 0 Å². The second-order valence-corrected chi connectivity index (χ2v) is 6.42. The van der Waals surface area contributed by atoms with Crippen LogP contribution >= 0.6 is 0 Å². The molecule has 4 nitrogen and oxygen atoms in total. The van der Waals surface area contributed by atoms with Crippen molar-refractivity contribution in [1.82, 2.24) is 4.90 Å². The lowest BCUT2D eigenvalue weighted by molar-refractivity contribution is 0.0686. The van der Waals surface area contributed by atoms with Crippen LogP contribution in [0.5, 0.6) is 0 Å². The van der Waals surface area contributed by atoms with E-state index in [0.29, 0.717) is 30.2 Å². The molecule has 2 aromatic heterocycles. The lowest BCUT2D eigenvalue weighted by Crippen LogP contribution is -2.30. The summed E-state index contributed by atoms with van der Waals surface area (Å²) in [6.45, 7) is 2.48. The first-order valence-electron chi connectivity index (χ1n) is 8.66. The number of halogens is 1. The summed E-state index contributed by atoms with van der Waals surface area (Å²) in [7, 11) is 0. The highest BCUT2D eigenvalue weighted by atomic mass is 19.1. The van der Waals surface area contributed by atoms with Crippen molar-refractivity contribution in [2.45, 2.75) is 20.0 Å². The van der Waals surface area contributed by atoms with E-state index < -0.39 is 0 Å². The molecule has 2 heterocycles. The minimum Gasteiger partial charge on any atom is -0.467 e. The molecule has 0 atom stereocenters. The third-order valence-corrected chi connectivity index (χ3v) is 4.54. The maximum atomic E-state index is 13.2. The highest BCUT2D eigenvalue weighted by molar-refractivity contribution is 5.98. The Morgan fingerprint density at radius 3 is 2.48 bits per heavy atom. The van der Waals surface area contributed by atoms with E-state index in [1.807, 2.05) is 37.3 Å². The van der Waals surface area contributed by atoms with Gasteiger partial charge in [-0.3, -0.25) is 4.79 Å². The van der Waals surface area contributed by atoms with Crippen LogP contribution in [0.2, 0.25) is 0 Å². The molecule has 0 saturated carbocycles. The standard InChI is InChI=1S/C22H18FNO3/c1-15-19-6-2-3-7-20(19)27-21(15)22(25)24(14-18-5-4-12-26-18)13-16-8-10-17(23)11-9-16/h2-12H,13-14H2,1H3. The number of amides is 1. The van der Waals surface area contributed by atoms with Crippen LogP contribution in [0.4, 0.5) is 4.39 Å². The molecule has 4 aromatic rings. The van der Waals surface area contributed by atoms with Gasteiger partial charge in [-0.25, -0.2) is 4.39 Å². The van der Waals surface area contributed by atoms with Crippen LogP contribution in [0.15, 0.2) is 75.8 Å². The first-order valence-corrected chi connectivity index (χ1v) is 8.66. The molecular weight excluding hydrogens is 345 g/mol. The van der Waals surface area contributed by atoms with Crippen LogP contribution in [-0.4, -0.2) is 10.8 Å². The van der Waals surface area contributed by atoms with Crippen molar-refractivity contribution in [2.24, 2.45) is 0 Å². The van der Waals surface area contributed by atoms with Crippen molar-refractivity contribution in [3.63, 3.8) is 0 Å². The number of rotatable bonds is 5. The van der Waals surface area contributed by atoms with E-state index in [1.54, 1.807) is 29.4 Å². The predicted molar refractivity (Wildman–Crippen MR) is 99.6 cm³/mol. The minimum atomic E-state index is -0.309. The largest absolute Gasteiger partial charge is 0.467 e. The summed E-state index contributed by atoms with van der Waals surface area (Å²) in [5.74, 6) is 0.435. The molecule has 1 amide bonds. The van der Waals surface area contributed by atoms with Crippen LogP contribution in [0, 0.1) is 12.7 Å². The molecule has 2 aromatic carbocycles. The summed E-state index contributed by atoms with van der Waals surface area (Å²) in [5, 5.41) is 0.917. The van der Waals surface area contributed by atoms with E-state index in [-0.39, 0.29) is 11.7 Å². The number of carbonyl (C=O) groups is 1. The Hall–Kier alpha value is -3.34. The molecule has 136 valence electrons. The van der Waals surface area contributed by atoms with E-state index in [0.717, 1.165) is 16.5 Å². The molecule has 27 heavy (non-hydrogen) atoms. The van der Waals surface area contributed by atoms with Gasteiger partial charge < -0.3 is 13.7 Å². The number of nitrogens with zero attached hydrogens (tertiary/aromatic N) is 1. The van der Waals surface area contributed by atoms with Gasteiger partial charge in [-0.05, 0) is 42.8 Å². The monoisotopic (exact) mass is 363 g/mol. The number of benzene rings is 2. The summed E-state index contributed by atoms with van der Waals surface area (Å²) in [4.78, 5) is 14.9. The molecule has 0 spiro atoms. The number of carbonyl (C=O) groups excluding carboxylic acids is 1. The Labute approximate surface area is 155 Å². The number of hydrogen-bond acceptors (Lipinski definition) is 3. The number of hydrogen-bond donors (Lipinski definition) is 0. The summed E-state index contributed by atoms with van der Waals surface area (Å²) >= 11 is 0. The van der Waals surface area contributed by atoms with E-state index in [4.69, 9.17) is 8.83 Å². The zero-order valence-electron chi connectivity index (χ0n) is 14.8. The van der Waals surface area contributed by atoms with Gasteiger partial charge in [0, 0.05) is 17.5 Å². The topological polar surface area (TPSA) is 46.6 Å². The number of furan rings is 2. The molecule has 0 aliphatic carbocycles. The van der Waals surface area contributed by atoms with Crippen LogP contribution < -0.4 is 0 Å². The van der Waals surface area contributed by atoms with E-state index >= 15 is 0 Å². The average Bonchev–Trinajstić information content (AvgIpc) is 3.31. The van der Waals surface area contributed by atoms with Gasteiger partial charge in [0.25, 0.3) is 5.91 Å². The van der Waals surface area contributed by atoms with E-state index in [1.165, 1.54) is 12.1 Å². The van der Waals surface area contributed by atoms with Crippen LogP contribution in [0.3, 0.4) is 0 Å². The van der Waals surface area contributed by atoms with E-state index in [9.17, 15) is 9.18 Å². The van der Waals surface area contributed by atoms with Crippen molar-refractivity contribution in [1.29, 1.82) is 0 Å². The molecule has 0 aliphatic heterocycles. The first-order chi connectivity index (χ1) is 13.1. The Morgan fingerprint density at radius 1 is 1.00 bits per heavy atom. The quantitative estimate of drug-likeness (QED) is 0.482. The minimum absolute atomic E-state index is 0.232. The van der Waals surface area contributed by atoms with Crippen LogP contribution in [0.1, 0.15) is 27.4 Å². The SMILES string of the molecule is Cc1c(C(=O)N(Cc2ccc(F)cc2)Cc2ccco2)oc2ccccc12.